The van der Waals surface area contributed by atoms with Crippen molar-refractivity contribution in [2.24, 2.45) is 0 Å². The molecule has 0 radical (unpaired) electrons. The summed E-state index contributed by atoms with van der Waals surface area (Å²) in [6, 6.07) is 1.55. The molecule has 0 fully saturated rings. The summed E-state index contributed by atoms with van der Waals surface area (Å²) >= 11 is 3.22. The van der Waals surface area contributed by atoms with Crippen LogP contribution in [-0.2, 0) is 0 Å². The number of anilines is 1. The molecule has 88 valence electrons. The molecule has 1 aromatic rings. The monoisotopic (exact) mass is 289 g/mol. The molecule has 0 unspecified atom stereocenters. The quantitative estimate of drug-likeness (QED) is 0.681. The number of hydrogen-bond acceptors (Lipinski definition) is 5. The molecular weight excluding hydrogens is 278 g/mol. The van der Waals surface area contributed by atoms with Gasteiger partial charge in [0.25, 0.3) is 5.88 Å². The Morgan fingerprint density at radius 2 is 2.25 bits per heavy atom. The first-order chi connectivity index (χ1) is 7.45. The van der Waals surface area contributed by atoms with Gasteiger partial charge in [0.2, 0.25) is 0 Å². The molecule has 0 saturated carbocycles. The van der Waals surface area contributed by atoms with Gasteiger partial charge in [0, 0.05) is 12.1 Å². The van der Waals surface area contributed by atoms with Gasteiger partial charge in [-0.05, 0) is 29.8 Å². The number of nitro groups is 1. The lowest BCUT2D eigenvalue weighted by Gasteiger charge is -2.11. The molecular formula is C9H12BrN3O3. The van der Waals surface area contributed by atoms with Crippen LogP contribution in [0.1, 0.15) is 13.8 Å². The van der Waals surface area contributed by atoms with Gasteiger partial charge in [-0.25, -0.2) is 0 Å². The summed E-state index contributed by atoms with van der Waals surface area (Å²) in [5.41, 5.74) is -0.163. The van der Waals surface area contributed by atoms with E-state index >= 15 is 0 Å². The normalized spacial score (nSPS) is 10.3. The van der Waals surface area contributed by atoms with E-state index in [0.29, 0.717) is 10.3 Å². The van der Waals surface area contributed by atoms with Crippen LogP contribution in [0.25, 0.3) is 0 Å². The van der Waals surface area contributed by atoms with Crippen molar-refractivity contribution in [1.29, 1.82) is 0 Å². The van der Waals surface area contributed by atoms with E-state index in [9.17, 15) is 10.1 Å². The first-order valence-electron chi connectivity index (χ1n) is 4.61. The highest BCUT2D eigenvalue weighted by atomic mass is 79.9. The zero-order valence-electron chi connectivity index (χ0n) is 9.15. The number of nitrogens with one attached hydrogen (secondary N) is 1. The molecule has 0 spiro atoms. The van der Waals surface area contributed by atoms with Gasteiger partial charge in [-0.15, -0.1) is 0 Å². The van der Waals surface area contributed by atoms with Crippen molar-refractivity contribution in [3.05, 3.63) is 20.7 Å². The SMILES string of the molecule is COc1nc(NC(C)C)c(Br)cc1[N+](=O)[O-]. The number of ether oxygens (including phenoxy) is 1. The molecule has 1 heterocycles. The Bertz CT molecular complexity index is 409. The molecule has 0 bridgehead atoms. The molecule has 0 aliphatic rings. The standard InChI is InChI=1S/C9H12BrN3O3/c1-5(2)11-8-6(10)4-7(13(14)15)9(12-8)16-3/h4-5H,1-3H3,(H,11,12). The smallest absolute Gasteiger partial charge is 0.332 e. The first-order valence-corrected chi connectivity index (χ1v) is 5.40. The Labute approximate surface area is 101 Å². The van der Waals surface area contributed by atoms with E-state index in [2.05, 4.69) is 26.2 Å². The average Bonchev–Trinajstić information content (AvgIpc) is 2.19. The number of halogens is 1. The van der Waals surface area contributed by atoms with Crippen molar-refractivity contribution < 1.29 is 9.66 Å². The lowest BCUT2D eigenvalue weighted by molar-refractivity contribution is -0.386. The minimum Gasteiger partial charge on any atom is -0.476 e. The second-order valence-corrected chi connectivity index (χ2v) is 4.26. The zero-order chi connectivity index (χ0) is 12.3. The summed E-state index contributed by atoms with van der Waals surface area (Å²) in [6.45, 7) is 3.89. The Morgan fingerprint density at radius 1 is 1.62 bits per heavy atom. The number of hydrogen-bond donors (Lipinski definition) is 1. The molecule has 0 aromatic carbocycles. The van der Waals surface area contributed by atoms with E-state index < -0.39 is 4.92 Å². The lowest BCUT2D eigenvalue weighted by atomic mass is 10.3. The molecule has 6 nitrogen and oxygen atoms in total. The predicted octanol–water partition coefficient (Wildman–Crippen LogP) is 2.58. The van der Waals surface area contributed by atoms with Gasteiger partial charge in [-0.2, -0.15) is 4.98 Å². The minimum absolute atomic E-state index is 0.00338. The number of aromatic nitrogens is 1. The summed E-state index contributed by atoms with van der Waals surface area (Å²) in [7, 11) is 1.35. The highest BCUT2D eigenvalue weighted by Gasteiger charge is 2.20. The third-order valence-electron chi connectivity index (χ3n) is 1.74. The topological polar surface area (TPSA) is 77.3 Å². The maximum Gasteiger partial charge on any atom is 0.332 e. The zero-order valence-corrected chi connectivity index (χ0v) is 10.7. The van der Waals surface area contributed by atoms with Crippen LogP contribution < -0.4 is 10.1 Å². The minimum atomic E-state index is -0.532. The maximum absolute atomic E-state index is 10.7. The summed E-state index contributed by atoms with van der Waals surface area (Å²) in [5, 5.41) is 13.8. The highest BCUT2D eigenvalue weighted by Crippen LogP contribution is 2.32. The molecule has 0 saturated heterocycles. The molecule has 1 N–H and O–H groups in total. The predicted molar refractivity (Wildman–Crippen MR) is 63.9 cm³/mol. The molecule has 7 heteroatoms. The molecule has 1 aromatic heterocycles. The third kappa shape index (κ3) is 2.82. The number of methoxy groups -OCH3 is 1. The van der Waals surface area contributed by atoms with Gasteiger partial charge in [-0.3, -0.25) is 10.1 Å². The van der Waals surface area contributed by atoms with Gasteiger partial charge >= 0.3 is 5.69 Å². The van der Waals surface area contributed by atoms with Crippen molar-refractivity contribution in [2.75, 3.05) is 12.4 Å². The van der Waals surface area contributed by atoms with E-state index in [-0.39, 0.29) is 17.6 Å². The number of pyridine rings is 1. The summed E-state index contributed by atoms with van der Waals surface area (Å²) in [6.07, 6.45) is 0. The van der Waals surface area contributed by atoms with Gasteiger partial charge < -0.3 is 10.1 Å². The average molecular weight is 290 g/mol. The first kappa shape index (κ1) is 12.7. The Balaban J connectivity index is 3.20. The molecule has 1 rings (SSSR count). The molecule has 0 aliphatic heterocycles. The fraction of sp³-hybridized carbons (Fsp3) is 0.444. The summed E-state index contributed by atoms with van der Waals surface area (Å²) in [5.74, 6) is 0.522. The largest absolute Gasteiger partial charge is 0.476 e. The van der Waals surface area contributed by atoms with Crippen LogP contribution in [-0.4, -0.2) is 23.1 Å². The second-order valence-electron chi connectivity index (χ2n) is 3.40. The Morgan fingerprint density at radius 3 is 2.69 bits per heavy atom. The van der Waals surface area contributed by atoms with Crippen LogP contribution in [0.2, 0.25) is 0 Å². The molecule has 16 heavy (non-hydrogen) atoms. The summed E-state index contributed by atoms with van der Waals surface area (Å²) in [4.78, 5) is 14.2. The van der Waals surface area contributed by atoms with Crippen molar-refractivity contribution in [3.63, 3.8) is 0 Å². The fourth-order valence-electron chi connectivity index (χ4n) is 1.12. The van der Waals surface area contributed by atoms with E-state index in [0.717, 1.165) is 0 Å². The van der Waals surface area contributed by atoms with Crippen LogP contribution in [0.5, 0.6) is 5.88 Å². The van der Waals surface area contributed by atoms with Crippen molar-refractivity contribution in [3.8, 4) is 5.88 Å². The van der Waals surface area contributed by atoms with Gasteiger partial charge in [0.1, 0.15) is 5.82 Å². The third-order valence-corrected chi connectivity index (χ3v) is 2.34. The second kappa shape index (κ2) is 5.11. The Hall–Kier alpha value is -1.37. The summed E-state index contributed by atoms with van der Waals surface area (Å²) < 4.78 is 5.41. The van der Waals surface area contributed by atoms with Gasteiger partial charge in [-0.1, -0.05) is 0 Å². The van der Waals surface area contributed by atoms with Crippen molar-refractivity contribution in [1.82, 2.24) is 4.98 Å². The van der Waals surface area contributed by atoms with E-state index in [4.69, 9.17) is 4.74 Å². The highest BCUT2D eigenvalue weighted by molar-refractivity contribution is 9.10. The fourth-order valence-corrected chi connectivity index (χ4v) is 1.54. The number of rotatable bonds is 4. The van der Waals surface area contributed by atoms with Crippen LogP contribution in [0.3, 0.4) is 0 Å². The Kier molecular flexibility index (Phi) is 4.05. The van der Waals surface area contributed by atoms with Crippen molar-refractivity contribution in [2.45, 2.75) is 19.9 Å². The number of nitrogens with zero attached hydrogens (tertiary/aromatic N) is 2. The van der Waals surface area contributed by atoms with E-state index in [1.807, 2.05) is 13.8 Å². The van der Waals surface area contributed by atoms with E-state index in [1.165, 1.54) is 13.2 Å². The maximum atomic E-state index is 10.7. The van der Waals surface area contributed by atoms with Crippen LogP contribution in [0.4, 0.5) is 11.5 Å². The van der Waals surface area contributed by atoms with E-state index in [1.54, 1.807) is 0 Å². The van der Waals surface area contributed by atoms with Crippen LogP contribution in [0, 0.1) is 10.1 Å². The van der Waals surface area contributed by atoms with Crippen LogP contribution in [0.15, 0.2) is 10.5 Å². The molecule has 0 atom stereocenters. The van der Waals surface area contributed by atoms with Gasteiger partial charge in [0.15, 0.2) is 0 Å². The lowest BCUT2D eigenvalue weighted by Crippen LogP contribution is -2.12. The molecule has 0 aliphatic carbocycles. The van der Waals surface area contributed by atoms with Crippen LogP contribution >= 0.6 is 15.9 Å². The molecule has 0 amide bonds. The van der Waals surface area contributed by atoms with Gasteiger partial charge in [0.05, 0.1) is 16.5 Å². The van der Waals surface area contributed by atoms with Crippen molar-refractivity contribution >= 4 is 27.4 Å².